The highest BCUT2D eigenvalue weighted by Gasteiger charge is 2.10. The Morgan fingerprint density at radius 3 is 2.41 bits per heavy atom. The van der Waals surface area contributed by atoms with Crippen LogP contribution in [0, 0.1) is 13.8 Å². The van der Waals surface area contributed by atoms with Gasteiger partial charge in [0, 0.05) is 35.5 Å². The standard InChI is InChI=1S/C22H22N2O4S/c1-13-7-19-16(9-22(27)28-20(19)8-14(13)2)11-29-12-21(26)24-18-6-4-5-17(10-18)23-15(3)25/h4-10H,11-12H2,1-3H3,(H,23,25)(H,24,26). The maximum Gasteiger partial charge on any atom is 0.336 e. The highest BCUT2D eigenvalue weighted by atomic mass is 32.2. The molecule has 7 heteroatoms. The van der Waals surface area contributed by atoms with Crippen molar-refractivity contribution < 1.29 is 14.0 Å². The molecule has 3 aromatic rings. The van der Waals surface area contributed by atoms with E-state index in [1.165, 1.54) is 24.8 Å². The zero-order chi connectivity index (χ0) is 21.0. The van der Waals surface area contributed by atoms with Gasteiger partial charge in [-0.05, 0) is 60.9 Å². The lowest BCUT2D eigenvalue weighted by molar-refractivity contribution is -0.114. The van der Waals surface area contributed by atoms with Gasteiger partial charge in [-0.2, -0.15) is 0 Å². The molecule has 0 bridgehead atoms. The first-order chi connectivity index (χ1) is 13.8. The summed E-state index contributed by atoms with van der Waals surface area (Å²) in [5.74, 6) is 0.421. The number of nitrogens with one attached hydrogen (secondary N) is 2. The fraction of sp³-hybridized carbons (Fsp3) is 0.227. The number of anilines is 2. The maximum atomic E-state index is 12.3. The zero-order valence-electron chi connectivity index (χ0n) is 16.5. The van der Waals surface area contributed by atoms with Gasteiger partial charge >= 0.3 is 5.63 Å². The lowest BCUT2D eigenvalue weighted by Crippen LogP contribution is -2.14. The van der Waals surface area contributed by atoms with Crippen LogP contribution in [0.25, 0.3) is 11.0 Å². The average Bonchev–Trinajstić information content (AvgIpc) is 2.63. The highest BCUT2D eigenvalue weighted by Crippen LogP contribution is 2.25. The van der Waals surface area contributed by atoms with Gasteiger partial charge < -0.3 is 15.1 Å². The molecule has 2 aromatic carbocycles. The van der Waals surface area contributed by atoms with E-state index in [-0.39, 0.29) is 17.6 Å². The molecule has 0 radical (unpaired) electrons. The van der Waals surface area contributed by atoms with Crippen molar-refractivity contribution in [3.63, 3.8) is 0 Å². The molecule has 0 fully saturated rings. The Bertz CT molecular complexity index is 1140. The van der Waals surface area contributed by atoms with Crippen molar-refractivity contribution in [2.75, 3.05) is 16.4 Å². The maximum absolute atomic E-state index is 12.3. The van der Waals surface area contributed by atoms with E-state index >= 15 is 0 Å². The Hall–Kier alpha value is -3.06. The van der Waals surface area contributed by atoms with Crippen molar-refractivity contribution in [1.82, 2.24) is 0 Å². The first-order valence-electron chi connectivity index (χ1n) is 9.11. The topological polar surface area (TPSA) is 88.4 Å². The Morgan fingerprint density at radius 2 is 1.69 bits per heavy atom. The Labute approximate surface area is 172 Å². The first-order valence-corrected chi connectivity index (χ1v) is 10.3. The van der Waals surface area contributed by atoms with Crippen LogP contribution in [0.1, 0.15) is 23.6 Å². The second-order valence-corrected chi connectivity index (χ2v) is 7.81. The lowest BCUT2D eigenvalue weighted by Gasteiger charge is -2.09. The van der Waals surface area contributed by atoms with Crippen molar-refractivity contribution in [2.45, 2.75) is 26.5 Å². The summed E-state index contributed by atoms with van der Waals surface area (Å²) >= 11 is 1.42. The summed E-state index contributed by atoms with van der Waals surface area (Å²) < 4.78 is 5.31. The number of rotatable bonds is 6. The number of aryl methyl sites for hydroxylation is 2. The number of thioether (sulfide) groups is 1. The molecule has 0 aliphatic carbocycles. The number of hydrogen-bond acceptors (Lipinski definition) is 5. The van der Waals surface area contributed by atoms with Gasteiger partial charge in [0.1, 0.15) is 5.58 Å². The minimum atomic E-state index is -0.393. The van der Waals surface area contributed by atoms with Crippen molar-refractivity contribution in [1.29, 1.82) is 0 Å². The number of carbonyl (C=O) groups is 2. The van der Waals surface area contributed by atoms with Crippen LogP contribution < -0.4 is 16.3 Å². The summed E-state index contributed by atoms with van der Waals surface area (Å²) in [6, 6.07) is 12.3. The summed E-state index contributed by atoms with van der Waals surface area (Å²) in [6.45, 7) is 5.42. The van der Waals surface area contributed by atoms with Crippen molar-refractivity contribution in [3.05, 3.63) is 69.6 Å². The molecule has 6 nitrogen and oxygen atoms in total. The van der Waals surface area contributed by atoms with Crippen molar-refractivity contribution in [2.24, 2.45) is 0 Å². The molecule has 29 heavy (non-hydrogen) atoms. The van der Waals surface area contributed by atoms with E-state index < -0.39 is 5.63 Å². The Balaban J connectivity index is 1.64. The second kappa shape index (κ2) is 8.96. The van der Waals surface area contributed by atoms with E-state index in [0.717, 1.165) is 22.1 Å². The van der Waals surface area contributed by atoms with Gasteiger partial charge in [-0.3, -0.25) is 9.59 Å². The Kier molecular flexibility index (Phi) is 6.39. The summed E-state index contributed by atoms with van der Waals surface area (Å²) in [5, 5.41) is 6.39. The fourth-order valence-corrected chi connectivity index (χ4v) is 3.75. The van der Waals surface area contributed by atoms with Crippen LogP contribution in [0.3, 0.4) is 0 Å². The lowest BCUT2D eigenvalue weighted by atomic mass is 10.0. The normalized spacial score (nSPS) is 10.7. The molecule has 0 atom stereocenters. The second-order valence-electron chi connectivity index (χ2n) is 6.83. The Morgan fingerprint density at radius 1 is 1.00 bits per heavy atom. The third-order valence-electron chi connectivity index (χ3n) is 4.40. The molecular weight excluding hydrogens is 388 g/mol. The minimum absolute atomic E-state index is 0.158. The molecular formula is C22H22N2O4S. The minimum Gasteiger partial charge on any atom is -0.423 e. The number of benzene rings is 2. The predicted molar refractivity (Wildman–Crippen MR) is 117 cm³/mol. The van der Waals surface area contributed by atoms with Crippen LogP contribution >= 0.6 is 11.8 Å². The summed E-state index contributed by atoms with van der Waals surface area (Å²) in [5.41, 5.74) is 4.44. The average molecular weight is 410 g/mol. The molecule has 1 aromatic heterocycles. The van der Waals surface area contributed by atoms with E-state index in [0.29, 0.717) is 22.7 Å². The third-order valence-corrected chi connectivity index (χ3v) is 5.38. The zero-order valence-corrected chi connectivity index (χ0v) is 17.3. The smallest absolute Gasteiger partial charge is 0.336 e. The largest absolute Gasteiger partial charge is 0.423 e. The highest BCUT2D eigenvalue weighted by molar-refractivity contribution is 7.99. The van der Waals surface area contributed by atoms with E-state index in [9.17, 15) is 14.4 Å². The van der Waals surface area contributed by atoms with E-state index in [2.05, 4.69) is 10.6 Å². The summed E-state index contributed by atoms with van der Waals surface area (Å²) in [6.07, 6.45) is 0. The molecule has 0 unspecified atom stereocenters. The summed E-state index contributed by atoms with van der Waals surface area (Å²) in [4.78, 5) is 35.3. The van der Waals surface area contributed by atoms with Gasteiger partial charge in [0.15, 0.2) is 0 Å². The molecule has 0 spiro atoms. The SMILES string of the molecule is CC(=O)Nc1cccc(NC(=O)CSCc2cc(=O)oc3cc(C)c(C)cc23)c1. The third kappa shape index (κ3) is 5.48. The van der Waals surface area contributed by atoms with Crippen LogP contribution in [-0.4, -0.2) is 17.6 Å². The van der Waals surface area contributed by atoms with Gasteiger partial charge in [-0.25, -0.2) is 4.79 Å². The van der Waals surface area contributed by atoms with E-state index in [4.69, 9.17) is 4.42 Å². The van der Waals surface area contributed by atoms with Gasteiger partial charge in [0.25, 0.3) is 0 Å². The predicted octanol–water partition coefficient (Wildman–Crippen LogP) is 4.24. The molecule has 2 N–H and O–H groups in total. The van der Waals surface area contributed by atoms with Crippen LogP contribution in [0.4, 0.5) is 11.4 Å². The fourth-order valence-electron chi connectivity index (χ4n) is 2.93. The molecule has 0 aliphatic rings. The number of fused-ring (bicyclic) bond motifs is 1. The van der Waals surface area contributed by atoms with Gasteiger partial charge in [0.05, 0.1) is 5.75 Å². The monoisotopic (exact) mass is 410 g/mol. The van der Waals surface area contributed by atoms with Gasteiger partial charge in [-0.15, -0.1) is 11.8 Å². The first kappa shape index (κ1) is 20.7. The van der Waals surface area contributed by atoms with Crippen LogP contribution in [-0.2, 0) is 15.3 Å². The van der Waals surface area contributed by atoms with Crippen molar-refractivity contribution >= 4 is 45.9 Å². The van der Waals surface area contributed by atoms with E-state index in [1.54, 1.807) is 24.3 Å². The van der Waals surface area contributed by atoms with Gasteiger partial charge in [0.2, 0.25) is 11.8 Å². The van der Waals surface area contributed by atoms with Crippen LogP contribution in [0.5, 0.6) is 0 Å². The molecule has 0 saturated heterocycles. The summed E-state index contributed by atoms with van der Waals surface area (Å²) in [7, 11) is 0. The van der Waals surface area contributed by atoms with Crippen molar-refractivity contribution in [3.8, 4) is 0 Å². The number of carbonyl (C=O) groups excluding carboxylic acids is 2. The van der Waals surface area contributed by atoms with E-state index in [1.807, 2.05) is 26.0 Å². The number of hydrogen-bond donors (Lipinski definition) is 2. The quantitative estimate of drug-likeness (QED) is 0.594. The molecule has 3 rings (SSSR count). The van der Waals surface area contributed by atoms with Crippen LogP contribution in [0.15, 0.2) is 51.7 Å². The molecule has 150 valence electrons. The van der Waals surface area contributed by atoms with Crippen LogP contribution in [0.2, 0.25) is 0 Å². The molecule has 0 aliphatic heterocycles. The molecule has 0 saturated carbocycles. The number of amides is 2. The van der Waals surface area contributed by atoms with Gasteiger partial charge in [-0.1, -0.05) is 6.07 Å². The molecule has 1 heterocycles. The molecule has 2 amide bonds.